The molecule has 2 aliphatic rings. The third kappa shape index (κ3) is 3.28. The quantitative estimate of drug-likeness (QED) is 0.540. The maximum absolute atomic E-state index is 11.9. The average Bonchev–Trinajstić information content (AvgIpc) is 2.69. The Kier molecular flexibility index (Phi) is 3.22. The minimum absolute atomic E-state index is 0.00949. The highest BCUT2D eigenvalue weighted by Gasteiger charge is 2.48. The van der Waals surface area contributed by atoms with Crippen molar-refractivity contribution in [1.29, 1.82) is 0 Å². The van der Waals surface area contributed by atoms with Crippen molar-refractivity contribution in [1.82, 2.24) is 0 Å². The van der Waals surface area contributed by atoms with Gasteiger partial charge in [0.25, 0.3) is 0 Å². The number of fused-ring (bicyclic) bond motifs is 1. The summed E-state index contributed by atoms with van der Waals surface area (Å²) in [5.41, 5.74) is 0. The third-order valence-corrected chi connectivity index (χ3v) is 4.14. The Bertz CT molecular complexity index is 269. The van der Waals surface area contributed by atoms with Crippen LogP contribution in [0.1, 0.15) is 26.7 Å². The fourth-order valence-electron chi connectivity index (χ4n) is 2.06. The molecule has 15 heavy (non-hydrogen) atoms. The van der Waals surface area contributed by atoms with E-state index < -0.39 is 7.37 Å². The van der Waals surface area contributed by atoms with Gasteiger partial charge in [0.15, 0.2) is 0 Å². The van der Waals surface area contributed by atoms with Crippen LogP contribution in [0.15, 0.2) is 0 Å². The van der Waals surface area contributed by atoms with Crippen molar-refractivity contribution in [3.63, 3.8) is 0 Å². The molecular formula is C10H19O4P. The van der Waals surface area contributed by atoms with E-state index in [-0.39, 0.29) is 18.6 Å². The summed E-state index contributed by atoms with van der Waals surface area (Å²) < 4.78 is 28.1. The normalized spacial score (nSPS) is 37.7. The molecule has 88 valence electrons. The first-order valence-electron chi connectivity index (χ1n) is 5.48. The topological polar surface area (TPSA) is 48.1 Å². The van der Waals surface area contributed by atoms with Gasteiger partial charge >= 0.3 is 0 Å². The zero-order chi connectivity index (χ0) is 11.1. The SMILES string of the molecule is CC(C)OP(C)(=O)CO[C@H]1C[C@@H]2O[C@@H]2C1. The molecule has 4 nitrogen and oxygen atoms in total. The molecule has 0 aromatic heterocycles. The van der Waals surface area contributed by atoms with Gasteiger partial charge in [-0.3, -0.25) is 4.57 Å². The van der Waals surface area contributed by atoms with Crippen molar-refractivity contribution in [3.05, 3.63) is 0 Å². The van der Waals surface area contributed by atoms with Crippen LogP contribution in [-0.2, 0) is 18.6 Å². The molecule has 2 rings (SSSR count). The van der Waals surface area contributed by atoms with Gasteiger partial charge in [-0.25, -0.2) is 0 Å². The second-order valence-corrected chi connectivity index (χ2v) is 7.27. The van der Waals surface area contributed by atoms with E-state index in [1.54, 1.807) is 6.66 Å². The van der Waals surface area contributed by atoms with Crippen molar-refractivity contribution >= 4 is 7.37 Å². The number of rotatable bonds is 5. The molecule has 4 atom stereocenters. The van der Waals surface area contributed by atoms with Gasteiger partial charge in [-0.2, -0.15) is 0 Å². The summed E-state index contributed by atoms with van der Waals surface area (Å²) >= 11 is 0. The van der Waals surface area contributed by atoms with Crippen molar-refractivity contribution < 1.29 is 18.6 Å². The smallest absolute Gasteiger partial charge is 0.225 e. The highest BCUT2D eigenvalue weighted by molar-refractivity contribution is 7.57. The molecule has 1 unspecified atom stereocenters. The summed E-state index contributed by atoms with van der Waals surface area (Å²) in [6, 6.07) is 0. The lowest BCUT2D eigenvalue weighted by molar-refractivity contribution is 0.0537. The maximum atomic E-state index is 11.9. The summed E-state index contributed by atoms with van der Waals surface area (Å²) in [5, 5.41) is 0. The summed E-state index contributed by atoms with van der Waals surface area (Å²) in [6.07, 6.45) is 3.17. The van der Waals surface area contributed by atoms with E-state index in [0.717, 1.165) is 12.8 Å². The van der Waals surface area contributed by atoms with Crippen LogP contribution in [0.25, 0.3) is 0 Å². The van der Waals surface area contributed by atoms with Gasteiger partial charge < -0.3 is 14.0 Å². The number of epoxide rings is 1. The fourth-order valence-corrected chi connectivity index (χ4v) is 3.50. The lowest BCUT2D eigenvalue weighted by Gasteiger charge is -2.19. The molecule has 0 amide bonds. The second kappa shape index (κ2) is 4.17. The zero-order valence-corrected chi connectivity index (χ0v) is 10.4. The molecule has 1 aliphatic heterocycles. The molecule has 0 aromatic rings. The van der Waals surface area contributed by atoms with E-state index in [1.807, 2.05) is 13.8 Å². The van der Waals surface area contributed by atoms with Crippen LogP contribution in [-0.4, -0.2) is 37.4 Å². The van der Waals surface area contributed by atoms with Gasteiger partial charge in [-0.05, 0) is 13.8 Å². The number of hydrogen-bond donors (Lipinski definition) is 0. The molecule has 0 aromatic carbocycles. The van der Waals surface area contributed by atoms with Gasteiger partial charge in [-0.1, -0.05) is 0 Å². The largest absolute Gasteiger partial charge is 0.369 e. The van der Waals surface area contributed by atoms with Crippen LogP contribution in [0.3, 0.4) is 0 Å². The maximum Gasteiger partial charge on any atom is 0.225 e. The van der Waals surface area contributed by atoms with E-state index in [0.29, 0.717) is 12.2 Å². The van der Waals surface area contributed by atoms with E-state index in [2.05, 4.69) is 0 Å². The van der Waals surface area contributed by atoms with E-state index in [4.69, 9.17) is 14.0 Å². The molecule has 1 saturated heterocycles. The van der Waals surface area contributed by atoms with Crippen LogP contribution in [0.4, 0.5) is 0 Å². The number of ether oxygens (including phenoxy) is 2. The average molecular weight is 234 g/mol. The predicted octanol–water partition coefficient (Wildman–Crippen LogP) is 2.22. The van der Waals surface area contributed by atoms with Crippen LogP contribution in [0.5, 0.6) is 0 Å². The lowest BCUT2D eigenvalue weighted by Crippen LogP contribution is -2.14. The van der Waals surface area contributed by atoms with Gasteiger partial charge in [0.05, 0.1) is 24.4 Å². The van der Waals surface area contributed by atoms with Gasteiger partial charge in [0, 0.05) is 19.5 Å². The van der Waals surface area contributed by atoms with Crippen LogP contribution in [0.2, 0.25) is 0 Å². The van der Waals surface area contributed by atoms with Gasteiger partial charge in [0.2, 0.25) is 7.37 Å². The highest BCUT2D eigenvalue weighted by Crippen LogP contribution is 2.46. The first kappa shape index (κ1) is 11.6. The Hall–Kier alpha value is 0.110. The molecule has 1 saturated carbocycles. The Balaban J connectivity index is 1.70. The Morgan fingerprint density at radius 1 is 1.40 bits per heavy atom. The van der Waals surface area contributed by atoms with Crippen molar-refractivity contribution in [2.45, 2.75) is 51.1 Å². The standard InChI is InChI=1S/C10H19O4P/c1-7(2)14-15(3,11)6-12-8-4-9-10(5-8)13-9/h7-10H,4-6H2,1-3H3/t8-,9-,10+,15?. The van der Waals surface area contributed by atoms with E-state index >= 15 is 0 Å². The summed E-state index contributed by atoms with van der Waals surface area (Å²) in [4.78, 5) is 0. The lowest BCUT2D eigenvalue weighted by atomic mass is 10.3. The Morgan fingerprint density at radius 3 is 2.53 bits per heavy atom. The fraction of sp³-hybridized carbons (Fsp3) is 1.00. The molecule has 0 bridgehead atoms. The second-order valence-electron chi connectivity index (χ2n) is 4.77. The van der Waals surface area contributed by atoms with Crippen LogP contribution >= 0.6 is 7.37 Å². The Morgan fingerprint density at radius 2 is 2.00 bits per heavy atom. The number of hydrogen-bond acceptors (Lipinski definition) is 4. The zero-order valence-electron chi connectivity index (χ0n) is 9.51. The van der Waals surface area contributed by atoms with Crippen LogP contribution in [0, 0.1) is 0 Å². The molecule has 0 spiro atoms. The van der Waals surface area contributed by atoms with Crippen molar-refractivity contribution in [2.24, 2.45) is 0 Å². The minimum Gasteiger partial charge on any atom is -0.369 e. The molecule has 0 N–H and O–H groups in total. The van der Waals surface area contributed by atoms with Crippen molar-refractivity contribution in [3.8, 4) is 0 Å². The first-order valence-corrected chi connectivity index (χ1v) is 7.74. The third-order valence-electron chi connectivity index (χ3n) is 2.66. The summed E-state index contributed by atoms with van der Waals surface area (Å²) in [5.74, 6) is 0. The summed E-state index contributed by atoms with van der Waals surface area (Å²) in [6.45, 7) is 5.41. The van der Waals surface area contributed by atoms with Gasteiger partial charge in [-0.15, -0.1) is 0 Å². The predicted molar refractivity (Wildman–Crippen MR) is 57.4 cm³/mol. The molecule has 5 heteroatoms. The molecule has 0 radical (unpaired) electrons. The van der Waals surface area contributed by atoms with Crippen LogP contribution < -0.4 is 0 Å². The minimum atomic E-state index is -2.57. The van der Waals surface area contributed by atoms with E-state index in [9.17, 15) is 4.57 Å². The Labute approximate surface area is 90.7 Å². The first-order chi connectivity index (χ1) is 6.96. The molecular weight excluding hydrogens is 215 g/mol. The summed E-state index contributed by atoms with van der Waals surface area (Å²) in [7, 11) is -2.57. The molecule has 1 aliphatic carbocycles. The van der Waals surface area contributed by atoms with Gasteiger partial charge in [0.1, 0.15) is 6.35 Å². The molecule has 2 fully saturated rings. The van der Waals surface area contributed by atoms with Crippen molar-refractivity contribution in [2.75, 3.05) is 13.0 Å². The highest BCUT2D eigenvalue weighted by atomic mass is 31.2. The monoisotopic (exact) mass is 234 g/mol. The van der Waals surface area contributed by atoms with E-state index in [1.165, 1.54) is 0 Å². The molecule has 1 heterocycles.